The molecule has 2 aromatic heterocycles. The van der Waals surface area contributed by atoms with Gasteiger partial charge in [0, 0.05) is 24.0 Å². The van der Waals surface area contributed by atoms with Crippen LogP contribution in [0.2, 0.25) is 0 Å². The Bertz CT molecular complexity index is 981. The van der Waals surface area contributed by atoms with E-state index in [1.54, 1.807) is 6.20 Å². The van der Waals surface area contributed by atoms with Gasteiger partial charge in [-0.1, -0.05) is 25.1 Å². The summed E-state index contributed by atoms with van der Waals surface area (Å²) in [6.07, 6.45) is 4.46. The van der Waals surface area contributed by atoms with E-state index in [1.165, 1.54) is 5.56 Å². The number of anilines is 1. The van der Waals surface area contributed by atoms with Gasteiger partial charge in [-0.2, -0.15) is 10.4 Å². The van der Waals surface area contributed by atoms with E-state index in [0.717, 1.165) is 54.0 Å². The van der Waals surface area contributed by atoms with E-state index < -0.39 is 0 Å². The molecule has 1 aliphatic heterocycles. The van der Waals surface area contributed by atoms with Crippen LogP contribution in [0.25, 0.3) is 10.9 Å². The quantitative estimate of drug-likeness (QED) is 0.797. The minimum atomic E-state index is 0.219. The summed E-state index contributed by atoms with van der Waals surface area (Å²) < 4.78 is 1.98. The average molecular weight is 332 g/mol. The lowest BCUT2D eigenvalue weighted by Crippen LogP contribution is -2.32. The standard InChI is InChI=1S/C19H20N6/c1-3-13-5-4-6-16-18(13)21-10-14(9-20)19(16)23-15-7-8-17-22-12(2)24-25(17)11-15/h4-6,10,15H,3,7-8,11H2,1-2H3,(H,21,23). The van der Waals surface area contributed by atoms with Gasteiger partial charge in [0.15, 0.2) is 0 Å². The molecule has 25 heavy (non-hydrogen) atoms. The predicted octanol–water partition coefficient (Wildman–Crippen LogP) is 3.00. The van der Waals surface area contributed by atoms with Crippen LogP contribution in [-0.2, 0) is 19.4 Å². The van der Waals surface area contributed by atoms with Crippen molar-refractivity contribution in [1.82, 2.24) is 19.7 Å². The van der Waals surface area contributed by atoms with Crippen molar-refractivity contribution in [2.75, 3.05) is 5.32 Å². The highest BCUT2D eigenvalue weighted by Crippen LogP contribution is 2.30. The zero-order chi connectivity index (χ0) is 17.4. The number of aromatic nitrogens is 4. The second kappa shape index (κ2) is 6.17. The van der Waals surface area contributed by atoms with Gasteiger partial charge in [0.2, 0.25) is 0 Å². The zero-order valence-electron chi connectivity index (χ0n) is 14.5. The highest BCUT2D eigenvalue weighted by atomic mass is 15.4. The highest BCUT2D eigenvalue weighted by Gasteiger charge is 2.22. The SMILES string of the molecule is CCc1cccc2c(NC3CCc4nc(C)nn4C3)c(C#N)cnc12. The molecule has 6 heteroatoms. The van der Waals surface area contributed by atoms with Crippen LogP contribution in [0.4, 0.5) is 5.69 Å². The Morgan fingerprint density at radius 1 is 1.40 bits per heavy atom. The summed E-state index contributed by atoms with van der Waals surface area (Å²) >= 11 is 0. The Kier molecular flexibility index (Phi) is 3.85. The monoisotopic (exact) mass is 332 g/mol. The van der Waals surface area contributed by atoms with Gasteiger partial charge in [-0.15, -0.1) is 0 Å². The van der Waals surface area contributed by atoms with Crippen molar-refractivity contribution in [2.24, 2.45) is 0 Å². The van der Waals surface area contributed by atoms with Crippen LogP contribution in [-0.4, -0.2) is 25.8 Å². The number of fused-ring (bicyclic) bond motifs is 2. The zero-order valence-corrected chi connectivity index (χ0v) is 14.5. The molecule has 0 fully saturated rings. The first-order chi connectivity index (χ1) is 12.2. The maximum absolute atomic E-state index is 9.54. The number of aryl methyl sites for hydroxylation is 3. The number of hydrogen-bond acceptors (Lipinski definition) is 5. The Hall–Kier alpha value is -2.94. The summed E-state index contributed by atoms with van der Waals surface area (Å²) in [5.74, 6) is 1.86. The molecule has 1 N–H and O–H groups in total. The van der Waals surface area contributed by atoms with Gasteiger partial charge in [0.05, 0.1) is 23.3 Å². The van der Waals surface area contributed by atoms with Crippen molar-refractivity contribution in [3.05, 3.63) is 47.2 Å². The van der Waals surface area contributed by atoms with Gasteiger partial charge < -0.3 is 5.32 Å². The Morgan fingerprint density at radius 3 is 3.08 bits per heavy atom. The number of nitrogens with one attached hydrogen (secondary N) is 1. The van der Waals surface area contributed by atoms with E-state index in [2.05, 4.69) is 39.4 Å². The van der Waals surface area contributed by atoms with Crippen molar-refractivity contribution in [2.45, 2.75) is 45.7 Å². The topological polar surface area (TPSA) is 79.4 Å². The number of nitriles is 1. The second-order valence-electron chi connectivity index (χ2n) is 6.46. The summed E-state index contributed by atoms with van der Waals surface area (Å²) in [5.41, 5.74) is 3.64. The van der Waals surface area contributed by atoms with Crippen molar-refractivity contribution >= 4 is 16.6 Å². The molecule has 0 amide bonds. The Labute approximate surface area is 146 Å². The Balaban J connectivity index is 1.73. The average Bonchev–Trinajstić information content (AvgIpc) is 3.00. The molecule has 1 aromatic carbocycles. The van der Waals surface area contributed by atoms with Crippen LogP contribution in [0.3, 0.4) is 0 Å². The van der Waals surface area contributed by atoms with Gasteiger partial charge in [0.25, 0.3) is 0 Å². The molecule has 0 bridgehead atoms. The molecule has 126 valence electrons. The Morgan fingerprint density at radius 2 is 2.28 bits per heavy atom. The molecule has 0 spiro atoms. The lowest BCUT2D eigenvalue weighted by Gasteiger charge is -2.25. The molecular formula is C19H20N6. The number of para-hydroxylation sites is 1. The smallest absolute Gasteiger partial charge is 0.147 e. The summed E-state index contributed by atoms with van der Waals surface area (Å²) in [4.78, 5) is 8.99. The predicted molar refractivity (Wildman–Crippen MR) is 96.3 cm³/mol. The summed E-state index contributed by atoms with van der Waals surface area (Å²) in [7, 11) is 0. The molecule has 3 aromatic rings. The van der Waals surface area contributed by atoms with Gasteiger partial charge in [-0.3, -0.25) is 4.98 Å². The fourth-order valence-corrected chi connectivity index (χ4v) is 3.57. The van der Waals surface area contributed by atoms with Crippen LogP contribution in [0.5, 0.6) is 0 Å². The highest BCUT2D eigenvalue weighted by molar-refractivity contribution is 5.95. The third-order valence-corrected chi connectivity index (χ3v) is 4.79. The van der Waals surface area contributed by atoms with Crippen molar-refractivity contribution in [3.63, 3.8) is 0 Å². The van der Waals surface area contributed by atoms with E-state index in [0.29, 0.717) is 5.56 Å². The molecule has 1 unspecified atom stereocenters. The van der Waals surface area contributed by atoms with Gasteiger partial charge in [-0.05, 0) is 25.3 Å². The van der Waals surface area contributed by atoms with Crippen LogP contribution < -0.4 is 5.32 Å². The molecule has 4 rings (SSSR count). The van der Waals surface area contributed by atoms with E-state index in [-0.39, 0.29) is 6.04 Å². The minimum Gasteiger partial charge on any atom is -0.379 e. The molecular weight excluding hydrogens is 312 g/mol. The number of benzene rings is 1. The molecule has 0 radical (unpaired) electrons. The number of nitrogens with zero attached hydrogens (tertiary/aromatic N) is 5. The van der Waals surface area contributed by atoms with E-state index >= 15 is 0 Å². The third kappa shape index (κ3) is 2.72. The van der Waals surface area contributed by atoms with E-state index in [4.69, 9.17) is 0 Å². The van der Waals surface area contributed by atoms with Gasteiger partial charge >= 0.3 is 0 Å². The molecule has 1 atom stereocenters. The summed E-state index contributed by atoms with van der Waals surface area (Å²) in [5, 5.41) is 18.6. The molecule has 0 saturated carbocycles. The molecule has 0 saturated heterocycles. The third-order valence-electron chi connectivity index (χ3n) is 4.79. The van der Waals surface area contributed by atoms with E-state index in [9.17, 15) is 5.26 Å². The first-order valence-corrected chi connectivity index (χ1v) is 8.67. The molecule has 1 aliphatic rings. The second-order valence-corrected chi connectivity index (χ2v) is 6.46. The molecule has 0 aliphatic carbocycles. The van der Waals surface area contributed by atoms with Crippen molar-refractivity contribution in [3.8, 4) is 6.07 Å². The first-order valence-electron chi connectivity index (χ1n) is 8.67. The van der Waals surface area contributed by atoms with Crippen LogP contribution in [0.1, 0.15) is 36.1 Å². The minimum absolute atomic E-state index is 0.219. The van der Waals surface area contributed by atoms with Crippen LogP contribution >= 0.6 is 0 Å². The maximum atomic E-state index is 9.54. The number of hydrogen-bond donors (Lipinski definition) is 1. The lowest BCUT2D eigenvalue weighted by molar-refractivity contribution is 0.441. The van der Waals surface area contributed by atoms with Gasteiger partial charge in [-0.25, -0.2) is 9.67 Å². The normalized spacial score (nSPS) is 16.4. The van der Waals surface area contributed by atoms with Crippen LogP contribution in [0, 0.1) is 18.3 Å². The fourth-order valence-electron chi connectivity index (χ4n) is 3.57. The van der Waals surface area contributed by atoms with Crippen molar-refractivity contribution < 1.29 is 0 Å². The lowest BCUT2D eigenvalue weighted by atomic mass is 10.0. The van der Waals surface area contributed by atoms with Crippen LogP contribution in [0.15, 0.2) is 24.4 Å². The molecule has 3 heterocycles. The van der Waals surface area contributed by atoms with E-state index in [1.807, 2.05) is 23.7 Å². The number of rotatable bonds is 3. The largest absolute Gasteiger partial charge is 0.379 e. The van der Waals surface area contributed by atoms with Gasteiger partial charge in [0.1, 0.15) is 17.7 Å². The first kappa shape index (κ1) is 15.6. The summed E-state index contributed by atoms with van der Waals surface area (Å²) in [6, 6.07) is 8.67. The number of pyridine rings is 1. The molecule has 6 nitrogen and oxygen atoms in total. The maximum Gasteiger partial charge on any atom is 0.147 e. The summed E-state index contributed by atoms with van der Waals surface area (Å²) in [6.45, 7) is 4.81. The fraction of sp³-hybridized carbons (Fsp3) is 0.368. The van der Waals surface area contributed by atoms with Crippen molar-refractivity contribution in [1.29, 1.82) is 5.26 Å².